The molecule has 1 atom stereocenters. The zero-order valence-corrected chi connectivity index (χ0v) is 10.3. The van der Waals surface area contributed by atoms with E-state index in [9.17, 15) is 0 Å². The minimum atomic E-state index is -4.67. The van der Waals surface area contributed by atoms with Crippen LogP contribution in [0.4, 0.5) is 0 Å². The summed E-state index contributed by atoms with van der Waals surface area (Å²) in [6.45, 7) is 0. The Kier molecular flexibility index (Phi) is 15.0. The van der Waals surface area contributed by atoms with Gasteiger partial charge < -0.3 is 6.15 Å². The maximum absolute atomic E-state index is 8.74. The van der Waals surface area contributed by atoms with E-state index in [0.717, 1.165) is 0 Å². The van der Waals surface area contributed by atoms with E-state index in [2.05, 4.69) is 0 Å². The molecule has 0 radical (unpaired) electrons. The Morgan fingerprint density at radius 3 is 0.667 bits per heavy atom. The van der Waals surface area contributed by atoms with Gasteiger partial charge in [-0.2, -0.15) is 16.8 Å². The van der Waals surface area contributed by atoms with Crippen molar-refractivity contribution in [3.8, 4) is 0 Å². The molecule has 0 aromatic rings. The second kappa shape index (κ2) is 7.88. The Bertz CT molecular complexity index is 213. The van der Waals surface area contributed by atoms with Crippen molar-refractivity contribution in [2.75, 3.05) is 0 Å². The fourth-order valence-corrected chi connectivity index (χ4v) is 0. The van der Waals surface area contributed by atoms with Crippen molar-refractivity contribution < 1.29 is 35.0 Å². The summed E-state index contributed by atoms with van der Waals surface area (Å²) in [5, 5.41) is 0. The topological polar surface area (TPSA) is 184 Å². The van der Waals surface area contributed by atoms with Gasteiger partial charge in [0.15, 0.2) is 0 Å². The van der Waals surface area contributed by atoms with Gasteiger partial charge in [0.05, 0.1) is 0 Å². The van der Waals surface area contributed by atoms with E-state index in [4.69, 9.17) is 35.0 Å². The molecule has 0 aliphatic carbocycles. The molecule has 7 N–H and O–H groups in total. The van der Waals surface area contributed by atoms with Crippen LogP contribution >= 0.6 is 0 Å². The molecule has 0 saturated carbocycles. The third-order valence-electron chi connectivity index (χ3n) is 0. The van der Waals surface area contributed by atoms with Crippen LogP contribution < -0.4 is 6.15 Å². The zero-order chi connectivity index (χ0) is 9.00. The molecule has 0 rings (SSSR count). The first-order valence-corrected chi connectivity index (χ1v) is 4.19. The second-order valence-corrected chi connectivity index (χ2v) is 2.69. The first kappa shape index (κ1) is 22.8. The average molecular weight is 291 g/mol. The summed E-state index contributed by atoms with van der Waals surface area (Å²) in [5.74, 6) is 0. The quantitative estimate of drug-likeness (QED) is 0.241. The first-order valence-electron chi connectivity index (χ1n) is 1.40. The molecule has 0 aliphatic rings. The van der Waals surface area contributed by atoms with Crippen molar-refractivity contribution in [2.24, 2.45) is 0 Å². The van der Waals surface area contributed by atoms with Crippen LogP contribution in [-0.4, -0.2) is 53.0 Å². The summed E-state index contributed by atoms with van der Waals surface area (Å²) in [6, 6.07) is 0. The van der Waals surface area contributed by atoms with E-state index in [1.54, 1.807) is 0 Å². The Morgan fingerprint density at radius 2 is 0.667 bits per heavy atom. The molecule has 0 amide bonds. The molecule has 1 unspecified atom stereocenters. The predicted octanol–water partition coefficient (Wildman–Crippen LogP) is -2.33. The fourth-order valence-electron chi connectivity index (χ4n) is 0. The van der Waals surface area contributed by atoms with Crippen LogP contribution in [0, 0.1) is 0 Å². The van der Waals surface area contributed by atoms with Gasteiger partial charge in [-0.25, -0.2) is 0 Å². The Morgan fingerprint density at radius 1 is 0.667 bits per heavy atom. The van der Waals surface area contributed by atoms with Crippen LogP contribution in [0.2, 0.25) is 0 Å². The summed E-state index contributed by atoms with van der Waals surface area (Å²) in [7, 11) is -9.33. The van der Waals surface area contributed by atoms with Crippen LogP contribution in [0.15, 0.2) is 0 Å². The molecular formula is H10AsNO8S2. The van der Waals surface area contributed by atoms with Gasteiger partial charge in [0, 0.05) is 0 Å². The minimum absolute atomic E-state index is 0. The molecular weight excluding hydrogens is 281 g/mol. The van der Waals surface area contributed by atoms with Gasteiger partial charge in [-0.15, -0.1) is 0 Å². The Labute approximate surface area is 80.2 Å². The zero-order valence-electron chi connectivity index (χ0n) is 5.65. The third kappa shape index (κ3) is 13200. The van der Waals surface area contributed by atoms with Gasteiger partial charge in [0.2, 0.25) is 0 Å². The second-order valence-electron chi connectivity index (χ2n) is 0.896. The Hall–Kier alpha value is 0.258. The van der Waals surface area contributed by atoms with E-state index in [1.807, 2.05) is 0 Å². The molecule has 0 spiro atoms. The molecule has 0 aromatic heterocycles. The summed E-state index contributed by atoms with van der Waals surface area (Å²) in [6.07, 6.45) is 0. The molecule has 12 heavy (non-hydrogen) atoms. The molecule has 0 fully saturated rings. The van der Waals surface area contributed by atoms with Crippen molar-refractivity contribution in [2.45, 2.75) is 0 Å². The predicted molar refractivity (Wildman–Crippen MR) is 43.3 cm³/mol. The SMILES string of the molecule is N.O=S(=O)(O)O.O=S(=O)(O)O.[AsH3]. The van der Waals surface area contributed by atoms with Gasteiger partial charge in [0.1, 0.15) is 0 Å². The third-order valence-corrected chi connectivity index (χ3v) is 0. The standard InChI is InChI=1S/AsH3.H3N.2H2O4S/c;;2*1-5(2,3)4/h2*1H3;2*(H2,1,2,3,4). The van der Waals surface area contributed by atoms with E-state index in [-0.39, 0.29) is 24.1 Å². The summed E-state index contributed by atoms with van der Waals surface area (Å²) in [4.78, 5) is 0. The van der Waals surface area contributed by atoms with E-state index in [1.165, 1.54) is 0 Å². The van der Waals surface area contributed by atoms with Gasteiger partial charge in [-0.05, 0) is 0 Å². The summed E-state index contributed by atoms with van der Waals surface area (Å²) >= 11 is 0. The van der Waals surface area contributed by atoms with Gasteiger partial charge in [0.25, 0.3) is 0 Å². The van der Waals surface area contributed by atoms with Crippen molar-refractivity contribution in [1.29, 1.82) is 0 Å². The van der Waals surface area contributed by atoms with Crippen molar-refractivity contribution >= 4 is 38.8 Å². The molecule has 0 saturated heterocycles. The van der Waals surface area contributed by atoms with Crippen LogP contribution in [0.1, 0.15) is 0 Å². The van der Waals surface area contributed by atoms with E-state index in [0.29, 0.717) is 0 Å². The Balaban J connectivity index is -0.0000000457. The molecule has 0 heterocycles. The first-order chi connectivity index (χ1) is 4.00. The van der Waals surface area contributed by atoms with Crippen LogP contribution in [0.3, 0.4) is 0 Å². The summed E-state index contributed by atoms with van der Waals surface area (Å²) in [5.41, 5.74) is 0. The average Bonchev–Trinajstić information content (AvgIpc) is 1.12. The van der Waals surface area contributed by atoms with Crippen molar-refractivity contribution in [1.82, 2.24) is 6.15 Å². The van der Waals surface area contributed by atoms with Gasteiger partial charge in [-0.3, -0.25) is 18.2 Å². The summed E-state index contributed by atoms with van der Waals surface area (Å²) < 4.78 is 63.2. The number of hydrogen-bond acceptors (Lipinski definition) is 5. The maximum atomic E-state index is 8.74. The number of hydrogen-bond donors (Lipinski definition) is 5. The van der Waals surface area contributed by atoms with Crippen molar-refractivity contribution in [3.05, 3.63) is 0 Å². The molecule has 0 aromatic carbocycles. The molecule has 9 nitrogen and oxygen atoms in total. The molecule has 80 valence electrons. The van der Waals surface area contributed by atoms with Gasteiger partial charge in [-0.1, -0.05) is 0 Å². The van der Waals surface area contributed by atoms with Gasteiger partial charge >= 0.3 is 38.8 Å². The fraction of sp³-hybridized carbons (Fsp3) is 0. The number of rotatable bonds is 0. The van der Waals surface area contributed by atoms with Crippen LogP contribution in [-0.2, 0) is 20.8 Å². The normalized spacial score (nSPS) is 9.67. The van der Waals surface area contributed by atoms with E-state index < -0.39 is 20.8 Å². The monoisotopic (exact) mass is 291 g/mol. The van der Waals surface area contributed by atoms with Crippen LogP contribution in [0.25, 0.3) is 0 Å². The molecule has 0 bridgehead atoms. The van der Waals surface area contributed by atoms with Crippen molar-refractivity contribution in [3.63, 3.8) is 0 Å². The van der Waals surface area contributed by atoms with Crippen LogP contribution in [0.5, 0.6) is 0 Å². The van der Waals surface area contributed by atoms with E-state index >= 15 is 0 Å². The molecule has 0 aliphatic heterocycles. The molecule has 12 heteroatoms.